The van der Waals surface area contributed by atoms with Crippen molar-refractivity contribution < 1.29 is 18.0 Å². The number of nitrogens with zero attached hydrogens (tertiary/aromatic N) is 2. The van der Waals surface area contributed by atoms with E-state index in [4.69, 9.17) is 0 Å². The number of benzene rings is 2. The minimum absolute atomic E-state index is 0.193. The fourth-order valence-electron chi connectivity index (χ4n) is 3.40. The first kappa shape index (κ1) is 27.9. The molecule has 2 rings (SSSR count). The predicted molar refractivity (Wildman–Crippen MR) is 140 cm³/mol. The minimum Gasteiger partial charge on any atom is -0.354 e. The number of anilines is 1. The van der Waals surface area contributed by atoms with Crippen molar-refractivity contribution in [1.82, 2.24) is 10.2 Å². The van der Waals surface area contributed by atoms with Crippen LogP contribution in [0.5, 0.6) is 0 Å². The third-order valence-corrected chi connectivity index (χ3v) is 7.59. The number of amides is 2. The zero-order chi connectivity index (χ0) is 25.6. The number of rotatable bonds is 10. The molecule has 0 unspecified atom stereocenters. The summed E-state index contributed by atoms with van der Waals surface area (Å²) < 4.78 is 27.2. The van der Waals surface area contributed by atoms with Crippen molar-refractivity contribution in [2.75, 3.05) is 23.7 Å². The first-order chi connectivity index (χ1) is 15.8. The number of nitrogens with one attached hydrogen (secondary N) is 1. The van der Waals surface area contributed by atoms with Gasteiger partial charge in [-0.1, -0.05) is 54.0 Å². The summed E-state index contributed by atoms with van der Waals surface area (Å²) in [5, 5.41) is 2.88. The van der Waals surface area contributed by atoms with E-state index >= 15 is 0 Å². The van der Waals surface area contributed by atoms with E-state index in [0.29, 0.717) is 12.2 Å². The van der Waals surface area contributed by atoms with Gasteiger partial charge in [0.25, 0.3) is 0 Å². The van der Waals surface area contributed by atoms with Gasteiger partial charge in [-0.15, -0.1) is 0 Å². The molecular weight excluding hydrogens is 518 g/mol. The monoisotopic (exact) mass is 551 g/mol. The van der Waals surface area contributed by atoms with E-state index < -0.39 is 28.5 Å². The Morgan fingerprint density at radius 1 is 1.03 bits per heavy atom. The minimum atomic E-state index is -3.75. The smallest absolute Gasteiger partial charge is 0.244 e. The van der Waals surface area contributed by atoms with Gasteiger partial charge in [0.15, 0.2) is 0 Å². The van der Waals surface area contributed by atoms with Crippen molar-refractivity contribution in [3.8, 4) is 0 Å². The van der Waals surface area contributed by atoms with Gasteiger partial charge in [-0.3, -0.25) is 13.9 Å². The molecule has 0 aromatic heterocycles. The topological polar surface area (TPSA) is 86.8 Å². The highest BCUT2D eigenvalue weighted by Crippen LogP contribution is 2.25. The van der Waals surface area contributed by atoms with Gasteiger partial charge in [-0.2, -0.15) is 0 Å². The van der Waals surface area contributed by atoms with Gasteiger partial charge in [0.05, 0.1) is 11.9 Å². The van der Waals surface area contributed by atoms with E-state index in [9.17, 15) is 18.0 Å². The summed E-state index contributed by atoms with van der Waals surface area (Å²) in [5.74, 6) is -0.472. The Bertz CT molecular complexity index is 1130. The summed E-state index contributed by atoms with van der Waals surface area (Å²) in [6.45, 7) is 9.71. The van der Waals surface area contributed by atoms with Crippen molar-refractivity contribution in [2.45, 2.75) is 47.2 Å². The highest BCUT2D eigenvalue weighted by Gasteiger charge is 2.30. The van der Waals surface area contributed by atoms with Crippen molar-refractivity contribution in [3.63, 3.8) is 0 Å². The highest BCUT2D eigenvalue weighted by atomic mass is 79.9. The molecule has 7 nitrogen and oxygen atoms in total. The van der Waals surface area contributed by atoms with Crippen LogP contribution in [-0.2, 0) is 26.2 Å². The van der Waals surface area contributed by atoms with Crippen molar-refractivity contribution in [1.29, 1.82) is 0 Å². The Balaban J connectivity index is 2.40. The van der Waals surface area contributed by atoms with Crippen LogP contribution in [0.1, 0.15) is 37.5 Å². The number of halogens is 1. The lowest BCUT2D eigenvalue weighted by Crippen LogP contribution is -2.51. The van der Waals surface area contributed by atoms with Gasteiger partial charge in [0.2, 0.25) is 21.8 Å². The van der Waals surface area contributed by atoms with E-state index in [1.807, 2.05) is 52.0 Å². The molecule has 1 atom stereocenters. The Morgan fingerprint density at radius 3 is 2.24 bits per heavy atom. The maximum atomic E-state index is 13.6. The van der Waals surface area contributed by atoms with Crippen LogP contribution < -0.4 is 9.62 Å². The largest absolute Gasteiger partial charge is 0.354 e. The predicted octanol–water partition coefficient (Wildman–Crippen LogP) is 4.02. The lowest BCUT2D eigenvalue weighted by Gasteiger charge is -2.32. The first-order valence-electron chi connectivity index (χ1n) is 11.2. The SMILES string of the molecule is Cc1cc(N(CC(=O)N(Cc2ccccc2C)[C@H](C)C(=O)NCC(C)C)S(C)(=O)=O)ccc1Br. The Labute approximate surface area is 211 Å². The van der Waals surface area contributed by atoms with Crippen molar-refractivity contribution >= 4 is 43.5 Å². The van der Waals surface area contributed by atoms with Gasteiger partial charge >= 0.3 is 0 Å². The molecule has 0 spiro atoms. The fraction of sp³-hybridized carbons (Fsp3) is 0.440. The first-order valence-corrected chi connectivity index (χ1v) is 13.8. The van der Waals surface area contributed by atoms with Gasteiger partial charge in [0.1, 0.15) is 12.6 Å². The molecule has 2 aromatic rings. The third-order valence-electron chi connectivity index (χ3n) is 5.56. The van der Waals surface area contributed by atoms with Crippen LogP contribution in [0.15, 0.2) is 46.9 Å². The normalized spacial score (nSPS) is 12.4. The number of hydrogen-bond acceptors (Lipinski definition) is 4. The molecule has 0 heterocycles. The fourth-order valence-corrected chi connectivity index (χ4v) is 4.49. The van der Waals surface area contributed by atoms with Crippen molar-refractivity contribution in [3.05, 3.63) is 63.6 Å². The summed E-state index contributed by atoms with van der Waals surface area (Å²) >= 11 is 3.42. The number of carbonyl (C=O) groups excluding carboxylic acids is 2. The maximum Gasteiger partial charge on any atom is 0.244 e. The molecule has 2 amide bonds. The van der Waals surface area contributed by atoms with Crippen LogP contribution in [0, 0.1) is 19.8 Å². The highest BCUT2D eigenvalue weighted by molar-refractivity contribution is 9.10. The van der Waals surface area contributed by atoms with E-state index in [1.54, 1.807) is 25.1 Å². The molecule has 0 saturated heterocycles. The summed E-state index contributed by atoms with van der Waals surface area (Å²) in [4.78, 5) is 27.9. The molecule has 34 heavy (non-hydrogen) atoms. The van der Waals surface area contributed by atoms with E-state index in [2.05, 4.69) is 21.2 Å². The van der Waals surface area contributed by atoms with Crippen molar-refractivity contribution in [2.24, 2.45) is 5.92 Å². The van der Waals surface area contributed by atoms with Gasteiger partial charge in [0, 0.05) is 17.6 Å². The average Bonchev–Trinajstić information content (AvgIpc) is 2.75. The zero-order valence-corrected chi connectivity index (χ0v) is 23.0. The second-order valence-electron chi connectivity index (χ2n) is 8.97. The second-order valence-corrected chi connectivity index (χ2v) is 11.7. The molecular formula is C25H34BrN3O4S. The van der Waals surface area contributed by atoms with Crippen LogP contribution in [0.4, 0.5) is 5.69 Å². The van der Waals surface area contributed by atoms with Crippen LogP contribution in [0.25, 0.3) is 0 Å². The third kappa shape index (κ3) is 7.56. The Morgan fingerprint density at radius 2 is 1.68 bits per heavy atom. The molecule has 1 N–H and O–H groups in total. The quantitative estimate of drug-likeness (QED) is 0.483. The molecule has 0 radical (unpaired) electrons. The lowest BCUT2D eigenvalue weighted by molar-refractivity contribution is -0.139. The average molecular weight is 553 g/mol. The second kappa shape index (κ2) is 11.8. The molecule has 9 heteroatoms. The van der Waals surface area contributed by atoms with Gasteiger partial charge < -0.3 is 10.2 Å². The Kier molecular flexibility index (Phi) is 9.70. The maximum absolute atomic E-state index is 13.6. The number of sulfonamides is 1. The Hall–Kier alpha value is -2.39. The lowest BCUT2D eigenvalue weighted by atomic mass is 10.1. The molecule has 0 aliphatic heterocycles. The number of hydrogen-bond donors (Lipinski definition) is 1. The molecule has 0 bridgehead atoms. The zero-order valence-electron chi connectivity index (χ0n) is 20.6. The van der Waals surface area contributed by atoms with Crippen LogP contribution in [0.3, 0.4) is 0 Å². The summed E-state index contributed by atoms with van der Waals surface area (Å²) in [7, 11) is -3.75. The number of carbonyl (C=O) groups is 2. The number of aryl methyl sites for hydroxylation is 2. The van der Waals surface area contributed by atoms with Gasteiger partial charge in [-0.25, -0.2) is 8.42 Å². The molecule has 186 valence electrons. The molecule has 0 aliphatic rings. The van der Waals surface area contributed by atoms with Gasteiger partial charge in [-0.05, 0) is 61.6 Å². The van der Waals surface area contributed by atoms with Crippen LogP contribution >= 0.6 is 15.9 Å². The van der Waals surface area contributed by atoms with E-state index in [0.717, 1.165) is 31.7 Å². The molecule has 2 aromatic carbocycles. The summed E-state index contributed by atoms with van der Waals surface area (Å²) in [6, 6.07) is 12.0. The van der Waals surface area contributed by atoms with Crippen LogP contribution in [0.2, 0.25) is 0 Å². The molecule has 0 aliphatic carbocycles. The summed E-state index contributed by atoms with van der Waals surface area (Å²) in [5.41, 5.74) is 3.12. The summed E-state index contributed by atoms with van der Waals surface area (Å²) in [6.07, 6.45) is 1.07. The molecule has 0 saturated carbocycles. The molecule has 0 fully saturated rings. The van der Waals surface area contributed by atoms with Crippen LogP contribution in [-0.4, -0.2) is 50.5 Å². The van der Waals surface area contributed by atoms with E-state index in [1.165, 1.54) is 4.90 Å². The van der Waals surface area contributed by atoms with E-state index in [-0.39, 0.29) is 18.4 Å². The standard InChI is InChI=1S/C25H34BrN3O4S/c1-17(2)14-27-25(31)20(5)28(15-21-10-8-7-9-18(21)3)24(30)16-29(34(6,32)33)22-11-12-23(26)19(4)13-22/h7-13,17,20H,14-16H2,1-6H3,(H,27,31)/t20-/m1/s1.